The number of likely N-dealkylation sites (tertiary alicyclic amines) is 1. The molecule has 1 aliphatic rings. The minimum Gasteiger partial charge on any atom is -0.320 e. The van der Waals surface area contributed by atoms with Crippen molar-refractivity contribution in [1.82, 2.24) is 10.2 Å². The molecule has 96 valence electrons. The number of thiophene rings is 1. The van der Waals surface area contributed by atoms with Gasteiger partial charge in [-0.2, -0.15) is 0 Å². The summed E-state index contributed by atoms with van der Waals surface area (Å²) in [6.45, 7) is 4.84. The summed E-state index contributed by atoms with van der Waals surface area (Å²) in [5.74, 6) is 0.939. The maximum atomic E-state index is 3.52. The van der Waals surface area contributed by atoms with Crippen LogP contribution in [-0.4, -0.2) is 31.6 Å². The van der Waals surface area contributed by atoms with Gasteiger partial charge in [-0.1, -0.05) is 0 Å². The first-order chi connectivity index (χ1) is 8.28. The summed E-state index contributed by atoms with van der Waals surface area (Å²) in [6, 6.07) is 2.25. The molecule has 2 nitrogen and oxygen atoms in total. The van der Waals surface area contributed by atoms with Crippen LogP contribution in [0.25, 0.3) is 0 Å². The molecule has 0 spiro atoms. The van der Waals surface area contributed by atoms with Crippen molar-refractivity contribution < 1.29 is 0 Å². The Bertz CT molecular complexity index is 332. The molecule has 1 saturated heterocycles. The molecule has 17 heavy (non-hydrogen) atoms. The first-order valence-electron chi connectivity index (χ1n) is 6.38. The van der Waals surface area contributed by atoms with Crippen molar-refractivity contribution in [2.45, 2.75) is 25.8 Å². The fourth-order valence-electron chi connectivity index (χ4n) is 2.44. The molecule has 0 bridgehead atoms. The Hall–Kier alpha value is 0.1000. The molecule has 1 fully saturated rings. The molecule has 0 radical (unpaired) electrons. The second-order valence-electron chi connectivity index (χ2n) is 4.84. The third-order valence-corrected chi connectivity index (χ3v) is 5.19. The van der Waals surface area contributed by atoms with Crippen molar-refractivity contribution >= 4 is 27.3 Å². The van der Waals surface area contributed by atoms with E-state index >= 15 is 0 Å². The lowest BCUT2D eigenvalue weighted by atomic mass is 9.93. The highest BCUT2D eigenvalue weighted by Gasteiger charge is 2.18. The maximum absolute atomic E-state index is 3.52. The van der Waals surface area contributed by atoms with Gasteiger partial charge in [-0.15, -0.1) is 11.3 Å². The van der Waals surface area contributed by atoms with E-state index in [1.165, 1.54) is 48.2 Å². The maximum Gasteiger partial charge on any atom is 0.0328 e. The van der Waals surface area contributed by atoms with E-state index in [4.69, 9.17) is 0 Å². The second kappa shape index (κ2) is 6.88. The van der Waals surface area contributed by atoms with Crippen molar-refractivity contribution in [3.05, 3.63) is 20.8 Å². The number of hydrogen-bond donors (Lipinski definition) is 1. The Morgan fingerprint density at radius 1 is 1.47 bits per heavy atom. The Morgan fingerprint density at radius 3 is 2.82 bits per heavy atom. The van der Waals surface area contributed by atoms with E-state index in [0.29, 0.717) is 0 Å². The number of nitrogens with one attached hydrogen (secondary N) is 1. The zero-order valence-corrected chi connectivity index (χ0v) is 12.8. The van der Waals surface area contributed by atoms with Crippen LogP contribution in [0.15, 0.2) is 15.9 Å². The Morgan fingerprint density at radius 2 is 2.24 bits per heavy atom. The van der Waals surface area contributed by atoms with Crippen molar-refractivity contribution in [2.75, 3.05) is 26.7 Å². The van der Waals surface area contributed by atoms with E-state index in [-0.39, 0.29) is 0 Å². The van der Waals surface area contributed by atoms with E-state index in [2.05, 4.69) is 37.6 Å². The zero-order chi connectivity index (χ0) is 12.1. The molecular formula is C13H21BrN2S. The van der Waals surface area contributed by atoms with Crippen molar-refractivity contribution in [1.29, 1.82) is 0 Å². The smallest absolute Gasteiger partial charge is 0.0328 e. The molecule has 2 rings (SSSR count). The molecule has 1 aliphatic heterocycles. The van der Waals surface area contributed by atoms with E-state index in [9.17, 15) is 0 Å². The molecule has 1 aromatic rings. The fourth-order valence-corrected chi connectivity index (χ4v) is 3.93. The Kier molecular flexibility index (Phi) is 5.48. The summed E-state index contributed by atoms with van der Waals surface area (Å²) >= 11 is 5.38. The standard InChI is InChI=1S/C13H21BrN2S/c1-15-5-2-11-3-6-16(7-4-11)9-13-8-12(14)10-17-13/h8,10-11,15H,2-7,9H2,1H3. The van der Waals surface area contributed by atoms with Gasteiger partial charge in [0.05, 0.1) is 0 Å². The van der Waals surface area contributed by atoms with Gasteiger partial charge in [0.15, 0.2) is 0 Å². The highest BCUT2D eigenvalue weighted by atomic mass is 79.9. The summed E-state index contributed by atoms with van der Waals surface area (Å²) in [5, 5.41) is 5.43. The minimum atomic E-state index is 0.939. The van der Waals surface area contributed by atoms with E-state index < -0.39 is 0 Å². The van der Waals surface area contributed by atoms with Crippen LogP contribution in [0, 0.1) is 5.92 Å². The molecule has 0 aromatic carbocycles. The van der Waals surface area contributed by atoms with E-state index in [1.54, 1.807) is 0 Å². The average molecular weight is 317 g/mol. The van der Waals surface area contributed by atoms with Gasteiger partial charge in [0.2, 0.25) is 0 Å². The second-order valence-corrected chi connectivity index (χ2v) is 6.75. The van der Waals surface area contributed by atoms with Gasteiger partial charge >= 0.3 is 0 Å². The zero-order valence-electron chi connectivity index (χ0n) is 10.4. The number of piperidine rings is 1. The highest BCUT2D eigenvalue weighted by molar-refractivity contribution is 9.10. The largest absolute Gasteiger partial charge is 0.320 e. The van der Waals surface area contributed by atoms with Crippen LogP contribution in [0.5, 0.6) is 0 Å². The minimum absolute atomic E-state index is 0.939. The summed E-state index contributed by atoms with van der Waals surface area (Å²) < 4.78 is 1.22. The van der Waals surface area contributed by atoms with Crippen LogP contribution in [-0.2, 0) is 6.54 Å². The summed E-state index contributed by atoms with van der Waals surface area (Å²) in [5.41, 5.74) is 0. The Balaban J connectivity index is 1.72. The monoisotopic (exact) mass is 316 g/mol. The average Bonchev–Trinajstić information content (AvgIpc) is 2.74. The van der Waals surface area contributed by atoms with Crippen LogP contribution in [0.2, 0.25) is 0 Å². The lowest BCUT2D eigenvalue weighted by Gasteiger charge is -2.31. The number of rotatable bonds is 5. The molecule has 0 atom stereocenters. The van der Waals surface area contributed by atoms with Crippen molar-refractivity contribution in [2.24, 2.45) is 5.92 Å². The van der Waals surface area contributed by atoms with Crippen LogP contribution in [0.3, 0.4) is 0 Å². The van der Waals surface area contributed by atoms with Crippen LogP contribution in [0.4, 0.5) is 0 Å². The summed E-state index contributed by atoms with van der Waals surface area (Å²) in [4.78, 5) is 4.07. The van der Waals surface area contributed by atoms with Crippen LogP contribution < -0.4 is 5.32 Å². The van der Waals surface area contributed by atoms with Gasteiger partial charge in [0.25, 0.3) is 0 Å². The molecule has 2 heterocycles. The topological polar surface area (TPSA) is 15.3 Å². The quantitative estimate of drug-likeness (QED) is 0.896. The first kappa shape index (κ1) is 13.5. The molecule has 0 aliphatic carbocycles. The molecule has 4 heteroatoms. The van der Waals surface area contributed by atoms with Gasteiger partial charge in [-0.25, -0.2) is 0 Å². The third kappa shape index (κ3) is 4.36. The van der Waals surface area contributed by atoms with E-state index in [1.807, 2.05) is 18.4 Å². The first-order valence-corrected chi connectivity index (χ1v) is 8.05. The normalized spacial score (nSPS) is 18.7. The Labute approximate surface area is 117 Å². The molecule has 0 saturated carbocycles. The van der Waals surface area contributed by atoms with Gasteiger partial charge in [0, 0.05) is 21.3 Å². The fraction of sp³-hybridized carbons (Fsp3) is 0.692. The molecular weight excluding hydrogens is 296 g/mol. The summed E-state index contributed by atoms with van der Waals surface area (Å²) in [7, 11) is 2.05. The SMILES string of the molecule is CNCCC1CCN(Cc2cc(Br)cs2)CC1. The van der Waals surface area contributed by atoms with Crippen LogP contribution >= 0.6 is 27.3 Å². The van der Waals surface area contributed by atoms with Crippen molar-refractivity contribution in [3.63, 3.8) is 0 Å². The lowest BCUT2D eigenvalue weighted by molar-refractivity contribution is 0.173. The number of halogens is 1. The van der Waals surface area contributed by atoms with Gasteiger partial charge in [-0.05, 0) is 73.9 Å². The van der Waals surface area contributed by atoms with E-state index in [0.717, 1.165) is 12.5 Å². The number of hydrogen-bond acceptors (Lipinski definition) is 3. The molecule has 1 N–H and O–H groups in total. The van der Waals surface area contributed by atoms with Crippen molar-refractivity contribution in [3.8, 4) is 0 Å². The molecule has 0 unspecified atom stereocenters. The van der Waals surface area contributed by atoms with Gasteiger partial charge in [-0.3, -0.25) is 4.90 Å². The van der Waals surface area contributed by atoms with Gasteiger partial charge in [0.1, 0.15) is 0 Å². The van der Waals surface area contributed by atoms with Crippen LogP contribution in [0.1, 0.15) is 24.1 Å². The number of nitrogens with zero attached hydrogens (tertiary/aromatic N) is 1. The predicted molar refractivity (Wildman–Crippen MR) is 78.6 cm³/mol. The lowest BCUT2D eigenvalue weighted by Crippen LogP contribution is -2.33. The third-order valence-electron chi connectivity index (χ3n) is 3.51. The predicted octanol–water partition coefficient (Wildman–Crippen LogP) is 3.33. The van der Waals surface area contributed by atoms with Gasteiger partial charge < -0.3 is 5.32 Å². The molecule has 1 aromatic heterocycles. The molecule has 0 amide bonds. The summed E-state index contributed by atoms with van der Waals surface area (Å²) in [6.07, 6.45) is 4.08. The highest BCUT2D eigenvalue weighted by Crippen LogP contribution is 2.25.